The van der Waals surface area contributed by atoms with Crippen LogP contribution in [0.1, 0.15) is 0 Å². The Balaban J connectivity index is 0.958. The van der Waals surface area contributed by atoms with Crippen molar-refractivity contribution in [2.24, 2.45) is 0 Å². The summed E-state index contributed by atoms with van der Waals surface area (Å²) in [5, 5.41) is 2.33. The van der Waals surface area contributed by atoms with Crippen LogP contribution in [-0.4, -0.2) is 34.5 Å². The number of nitrogens with zero attached hydrogens (tertiary/aromatic N) is 7. The van der Waals surface area contributed by atoms with E-state index in [2.05, 4.69) is 168 Å². The molecule has 0 radical (unpaired) electrons. The standard InChI is InChI=1S/C72H47N7/c1-7-20-48(21-8-1)58-42-44-64-62(46-58)63-47-59(49-22-9-2-10-23-49)43-45-65(63)79(64)66-60(50-34-38-56(39-35-50)71-75-67(52-24-11-3-12-25-52)73-68(76-71)53-26-13-4-14-27-53)32-19-33-61(66)51-36-40-57(41-37-51)72-77-69(54-28-15-5-16-29-54)74-70(78-72)55-30-17-6-18-31-55/h1-47H. The van der Waals surface area contributed by atoms with Gasteiger partial charge in [0.2, 0.25) is 0 Å². The van der Waals surface area contributed by atoms with Crippen LogP contribution in [0.25, 0.3) is 140 Å². The van der Waals surface area contributed by atoms with Crippen LogP contribution in [-0.2, 0) is 0 Å². The van der Waals surface area contributed by atoms with Gasteiger partial charge in [0.05, 0.1) is 16.7 Å². The quantitative estimate of drug-likeness (QED) is 0.128. The molecule has 0 saturated heterocycles. The summed E-state index contributed by atoms with van der Waals surface area (Å²) in [5.41, 5.74) is 17.6. The number of hydrogen-bond acceptors (Lipinski definition) is 6. The van der Waals surface area contributed by atoms with E-state index in [1.165, 1.54) is 11.1 Å². The second-order valence-corrected chi connectivity index (χ2v) is 19.5. The van der Waals surface area contributed by atoms with Gasteiger partial charge in [-0.15, -0.1) is 0 Å². The fraction of sp³-hybridized carbons (Fsp3) is 0. The lowest BCUT2D eigenvalue weighted by molar-refractivity contribution is 1.07. The van der Waals surface area contributed by atoms with E-state index in [-0.39, 0.29) is 0 Å². The number of rotatable bonds is 11. The topological polar surface area (TPSA) is 82.3 Å². The number of fused-ring (bicyclic) bond motifs is 3. The molecule has 3 heterocycles. The molecule has 0 spiro atoms. The zero-order chi connectivity index (χ0) is 52.5. The molecule has 7 nitrogen and oxygen atoms in total. The van der Waals surface area contributed by atoms with Gasteiger partial charge in [-0.05, 0) is 57.6 Å². The SMILES string of the molecule is c1ccc(-c2ccc3c(c2)c2cc(-c4ccccc4)ccc2n3-c2c(-c3ccc(-c4nc(-c5ccccc5)nc(-c5ccccc5)n4)cc3)cccc2-c2ccc(-c3nc(-c4ccccc4)nc(-c4ccccc4)n3)cc2)cc1. The molecule has 370 valence electrons. The molecular formula is C72H47N7. The minimum atomic E-state index is 0.601. The van der Waals surface area contributed by atoms with E-state index in [1.54, 1.807) is 0 Å². The maximum atomic E-state index is 5.07. The molecule has 0 fully saturated rings. The lowest BCUT2D eigenvalue weighted by Gasteiger charge is -2.20. The minimum Gasteiger partial charge on any atom is -0.308 e. The van der Waals surface area contributed by atoms with Crippen LogP contribution in [0.2, 0.25) is 0 Å². The summed E-state index contributed by atoms with van der Waals surface area (Å²) >= 11 is 0. The molecule has 3 aromatic heterocycles. The van der Waals surface area contributed by atoms with Gasteiger partial charge in [0.15, 0.2) is 34.9 Å². The Hall–Kier alpha value is -10.8. The van der Waals surface area contributed by atoms with Crippen molar-refractivity contribution in [1.29, 1.82) is 0 Å². The van der Waals surface area contributed by atoms with Crippen LogP contribution in [0, 0.1) is 0 Å². The first-order valence-electron chi connectivity index (χ1n) is 26.4. The third-order valence-electron chi connectivity index (χ3n) is 14.5. The Labute approximate surface area is 457 Å². The van der Waals surface area contributed by atoms with Crippen LogP contribution in [0.4, 0.5) is 0 Å². The largest absolute Gasteiger partial charge is 0.308 e. The van der Waals surface area contributed by atoms with E-state index in [1.807, 2.05) is 121 Å². The first-order valence-corrected chi connectivity index (χ1v) is 26.4. The number of hydrogen-bond donors (Lipinski definition) is 0. The van der Waals surface area contributed by atoms with Crippen molar-refractivity contribution in [3.63, 3.8) is 0 Å². The van der Waals surface area contributed by atoms with Crippen molar-refractivity contribution in [2.75, 3.05) is 0 Å². The number of aromatic nitrogens is 7. The summed E-state index contributed by atoms with van der Waals surface area (Å²) in [4.78, 5) is 30.2. The Morgan fingerprint density at radius 3 is 0.722 bits per heavy atom. The van der Waals surface area contributed by atoms with Gasteiger partial charge in [-0.1, -0.05) is 261 Å². The van der Waals surface area contributed by atoms with Crippen molar-refractivity contribution in [2.45, 2.75) is 0 Å². The summed E-state index contributed by atoms with van der Waals surface area (Å²) in [6.45, 7) is 0. The Morgan fingerprint density at radius 1 is 0.190 bits per heavy atom. The molecule has 0 bridgehead atoms. The molecule has 79 heavy (non-hydrogen) atoms. The molecule has 0 N–H and O–H groups in total. The van der Waals surface area contributed by atoms with Gasteiger partial charge >= 0.3 is 0 Å². The van der Waals surface area contributed by atoms with Gasteiger partial charge in [0.1, 0.15) is 0 Å². The lowest BCUT2D eigenvalue weighted by Crippen LogP contribution is -2.02. The normalized spacial score (nSPS) is 11.3. The molecule has 0 aliphatic carbocycles. The third kappa shape index (κ3) is 9.11. The zero-order valence-electron chi connectivity index (χ0n) is 42.8. The minimum absolute atomic E-state index is 0.601. The van der Waals surface area contributed by atoms with Gasteiger partial charge in [-0.25, -0.2) is 29.9 Å². The van der Waals surface area contributed by atoms with Crippen molar-refractivity contribution in [3.8, 4) is 119 Å². The van der Waals surface area contributed by atoms with Crippen LogP contribution in [0.3, 0.4) is 0 Å². The van der Waals surface area contributed by atoms with E-state index in [9.17, 15) is 0 Å². The maximum Gasteiger partial charge on any atom is 0.164 e. The first-order chi connectivity index (χ1) is 39.1. The van der Waals surface area contributed by atoms with Crippen molar-refractivity contribution < 1.29 is 0 Å². The molecule has 0 unspecified atom stereocenters. The van der Waals surface area contributed by atoms with Crippen molar-refractivity contribution >= 4 is 21.8 Å². The average Bonchev–Trinajstić information content (AvgIpc) is 3.89. The molecule has 14 aromatic rings. The van der Waals surface area contributed by atoms with Gasteiger partial charge in [0.25, 0.3) is 0 Å². The van der Waals surface area contributed by atoms with Crippen LogP contribution < -0.4 is 0 Å². The highest BCUT2D eigenvalue weighted by molar-refractivity contribution is 6.13. The Kier molecular flexibility index (Phi) is 12.1. The zero-order valence-corrected chi connectivity index (χ0v) is 42.8. The number of para-hydroxylation sites is 1. The third-order valence-corrected chi connectivity index (χ3v) is 14.5. The number of benzene rings is 11. The van der Waals surface area contributed by atoms with Crippen LogP contribution >= 0.6 is 0 Å². The fourth-order valence-electron chi connectivity index (χ4n) is 10.6. The highest BCUT2D eigenvalue weighted by Gasteiger charge is 2.22. The van der Waals surface area contributed by atoms with Gasteiger partial charge in [0, 0.05) is 55.3 Å². The van der Waals surface area contributed by atoms with Gasteiger partial charge < -0.3 is 4.57 Å². The lowest BCUT2D eigenvalue weighted by atomic mass is 9.94. The predicted octanol–water partition coefficient (Wildman–Crippen LogP) is 17.8. The average molecular weight is 1010 g/mol. The monoisotopic (exact) mass is 1010 g/mol. The van der Waals surface area contributed by atoms with Gasteiger partial charge in [-0.3, -0.25) is 0 Å². The predicted molar refractivity (Wildman–Crippen MR) is 322 cm³/mol. The van der Waals surface area contributed by atoms with E-state index in [0.717, 1.165) is 94.3 Å². The van der Waals surface area contributed by atoms with Crippen LogP contribution in [0.5, 0.6) is 0 Å². The molecule has 0 amide bonds. The van der Waals surface area contributed by atoms with Crippen molar-refractivity contribution in [1.82, 2.24) is 34.5 Å². The van der Waals surface area contributed by atoms with E-state index in [0.29, 0.717) is 34.9 Å². The second-order valence-electron chi connectivity index (χ2n) is 19.5. The van der Waals surface area contributed by atoms with Crippen molar-refractivity contribution in [3.05, 3.63) is 285 Å². The highest BCUT2D eigenvalue weighted by atomic mass is 15.0. The summed E-state index contributed by atoms with van der Waals surface area (Å²) in [5.74, 6) is 3.69. The van der Waals surface area contributed by atoms with Crippen LogP contribution in [0.15, 0.2) is 285 Å². The molecule has 0 aliphatic heterocycles. The van der Waals surface area contributed by atoms with E-state index < -0.39 is 0 Å². The molecule has 7 heteroatoms. The maximum absolute atomic E-state index is 5.07. The van der Waals surface area contributed by atoms with E-state index >= 15 is 0 Å². The van der Waals surface area contributed by atoms with Gasteiger partial charge in [-0.2, -0.15) is 0 Å². The van der Waals surface area contributed by atoms with E-state index in [4.69, 9.17) is 29.9 Å². The first kappa shape index (κ1) is 46.7. The molecule has 11 aromatic carbocycles. The summed E-state index contributed by atoms with van der Waals surface area (Å²) in [7, 11) is 0. The summed E-state index contributed by atoms with van der Waals surface area (Å²) in [6.07, 6.45) is 0. The smallest absolute Gasteiger partial charge is 0.164 e. The Morgan fingerprint density at radius 2 is 0.430 bits per heavy atom. The molecule has 0 atom stereocenters. The molecule has 14 rings (SSSR count). The Bertz CT molecular complexity index is 4070. The highest BCUT2D eigenvalue weighted by Crippen LogP contribution is 2.44. The fourth-order valence-corrected chi connectivity index (χ4v) is 10.6. The molecule has 0 aliphatic rings. The summed E-state index contributed by atoms with van der Waals surface area (Å²) < 4.78 is 2.47. The molecule has 0 saturated carbocycles. The molecular weight excluding hydrogens is 963 g/mol. The summed E-state index contributed by atoms with van der Waals surface area (Å²) in [6, 6.07) is 99.4. The second kappa shape index (κ2) is 20.4.